The van der Waals surface area contributed by atoms with Crippen LogP contribution >= 0.6 is 0 Å². The molecule has 20 heavy (non-hydrogen) atoms. The number of anilines is 1. The Hall–Kier alpha value is -1.92. The molecule has 0 fully saturated rings. The third-order valence-corrected chi connectivity index (χ3v) is 2.92. The van der Waals surface area contributed by atoms with E-state index in [4.69, 9.17) is 15.6 Å². The summed E-state index contributed by atoms with van der Waals surface area (Å²) in [5.74, 6) is 1.26. The zero-order valence-corrected chi connectivity index (χ0v) is 11.4. The fourth-order valence-electron chi connectivity index (χ4n) is 1.86. The zero-order valence-electron chi connectivity index (χ0n) is 11.4. The average Bonchev–Trinajstić information content (AvgIpc) is 2.46. The van der Waals surface area contributed by atoms with Crippen LogP contribution in [0.25, 0.3) is 10.9 Å². The van der Waals surface area contributed by atoms with E-state index < -0.39 is 0 Å². The minimum Gasteiger partial charge on any atom is -0.493 e. The van der Waals surface area contributed by atoms with Crippen LogP contribution in [0.1, 0.15) is 12.8 Å². The average molecular weight is 276 g/mol. The van der Waals surface area contributed by atoms with E-state index in [0.29, 0.717) is 12.4 Å². The van der Waals surface area contributed by atoms with E-state index in [-0.39, 0.29) is 6.61 Å². The Bertz CT molecular complexity index is 548. The Morgan fingerprint density at radius 2 is 2.05 bits per heavy atom. The van der Waals surface area contributed by atoms with E-state index in [1.807, 2.05) is 18.2 Å². The molecule has 0 aliphatic rings. The Labute approximate surface area is 118 Å². The first-order valence-electron chi connectivity index (χ1n) is 6.76. The summed E-state index contributed by atoms with van der Waals surface area (Å²) in [5.41, 5.74) is 6.56. The van der Waals surface area contributed by atoms with Gasteiger partial charge in [0.05, 0.1) is 12.1 Å². The number of nitrogens with one attached hydrogen (secondary N) is 1. The first-order chi connectivity index (χ1) is 9.81. The molecule has 0 amide bonds. The lowest BCUT2D eigenvalue weighted by molar-refractivity contribution is 0.282. The number of rotatable bonds is 8. The van der Waals surface area contributed by atoms with E-state index in [1.165, 1.54) is 6.33 Å². The van der Waals surface area contributed by atoms with Crippen LogP contribution in [0.4, 0.5) is 5.82 Å². The highest BCUT2D eigenvalue weighted by molar-refractivity contribution is 5.88. The van der Waals surface area contributed by atoms with Gasteiger partial charge in [-0.3, -0.25) is 0 Å². The van der Waals surface area contributed by atoms with Crippen molar-refractivity contribution >= 4 is 16.7 Å². The maximum atomic E-state index is 8.64. The molecule has 1 aromatic carbocycles. The number of benzene rings is 1. The van der Waals surface area contributed by atoms with Gasteiger partial charge in [-0.15, -0.1) is 0 Å². The van der Waals surface area contributed by atoms with Gasteiger partial charge in [0.1, 0.15) is 17.9 Å². The lowest BCUT2D eigenvalue weighted by atomic mass is 10.2. The molecular weight excluding hydrogens is 256 g/mol. The van der Waals surface area contributed by atoms with Gasteiger partial charge in [0.15, 0.2) is 0 Å². The Balaban J connectivity index is 1.79. The van der Waals surface area contributed by atoms with Crippen LogP contribution in [0.15, 0.2) is 24.5 Å². The van der Waals surface area contributed by atoms with E-state index in [0.717, 1.165) is 42.6 Å². The van der Waals surface area contributed by atoms with Gasteiger partial charge in [-0.05, 0) is 38.1 Å². The number of nitrogens with zero attached hydrogens (tertiary/aromatic N) is 2. The van der Waals surface area contributed by atoms with Crippen molar-refractivity contribution in [2.75, 3.05) is 32.0 Å². The molecule has 0 bridgehead atoms. The van der Waals surface area contributed by atoms with Crippen molar-refractivity contribution in [3.63, 3.8) is 0 Å². The molecule has 0 radical (unpaired) electrons. The number of hydrogen-bond donors (Lipinski definition) is 3. The third kappa shape index (κ3) is 4.04. The summed E-state index contributed by atoms with van der Waals surface area (Å²) in [4.78, 5) is 8.12. The number of fused-ring (bicyclic) bond motifs is 1. The highest BCUT2D eigenvalue weighted by Gasteiger charge is 2.02. The number of nitrogens with two attached hydrogens (primary N) is 1. The number of aliphatic hydroxyl groups excluding tert-OH is 1. The van der Waals surface area contributed by atoms with Gasteiger partial charge in [-0.1, -0.05) is 0 Å². The third-order valence-electron chi connectivity index (χ3n) is 2.92. The molecular formula is C14H20N4O2. The predicted octanol–water partition coefficient (Wildman–Crippen LogP) is 0.953. The molecule has 6 heteroatoms. The van der Waals surface area contributed by atoms with Crippen molar-refractivity contribution in [2.24, 2.45) is 0 Å². The van der Waals surface area contributed by atoms with Gasteiger partial charge in [-0.25, -0.2) is 9.97 Å². The molecule has 0 saturated carbocycles. The molecule has 0 aliphatic carbocycles. The van der Waals surface area contributed by atoms with E-state index in [1.54, 1.807) is 0 Å². The highest BCUT2D eigenvalue weighted by atomic mass is 16.5. The normalized spacial score (nSPS) is 10.8. The van der Waals surface area contributed by atoms with E-state index in [9.17, 15) is 0 Å². The fourth-order valence-corrected chi connectivity index (χ4v) is 1.86. The molecule has 0 aliphatic heterocycles. The van der Waals surface area contributed by atoms with Crippen molar-refractivity contribution in [3.8, 4) is 5.75 Å². The maximum absolute atomic E-state index is 8.64. The summed E-state index contributed by atoms with van der Waals surface area (Å²) in [5, 5.41) is 12.7. The summed E-state index contributed by atoms with van der Waals surface area (Å²) in [6.45, 7) is 2.58. The van der Waals surface area contributed by atoms with Crippen LogP contribution in [-0.4, -0.2) is 41.4 Å². The first-order valence-corrected chi connectivity index (χ1v) is 6.76. The number of aliphatic hydroxyl groups is 1. The molecule has 2 aromatic rings. The van der Waals surface area contributed by atoms with Gasteiger partial charge in [0, 0.05) is 18.1 Å². The first kappa shape index (κ1) is 14.5. The summed E-state index contributed by atoms with van der Waals surface area (Å²) in [6.07, 6.45) is 3.15. The predicted molar refractivity (Wildman–Crippen MR) is 78.6 cm³/mol. The van der Waals surface area contributed by atoms with Gasteiger partial charge in [0.25, 0.3) is 0 Å². The Morgan fingerprint density at radius 3 is 2.90 bits per heavy atom. The van der Waals surface area contributed by atoms with Crippen molar-refractivity contribution in [1.29, 1.82) is 0 Å². The SMILES string of the molecule is Nc1ncnc2cc(OCCCNCCCO)ccc12. The molecule has 4 N–H and O–H groups in total. The van der Waals surface area contributed by atoms with Crippen molar-refractivity contribution in [3.05, 3.63) is 24.5 Å². The molecule has 2 rings (SSSR count). The van der Waals surface area contributed by atoms with Crippen molar-refractivity contribution < 1.29 is 9.84 Å². The van der Waals surface area contributed by atoms with E-state index in [2.05, 4.69) is 15.3 Å². The topological polar surface area (TPSA) is 93.3 Å². The maximum Gasteiger partial charge on any atom is 0.134 e. The standard InChI is InChI=1S/C14H20N4O2/c15-14-12-4-3-11(9-13(12)17-10-18-14)20-8-2-6-16-5-1-7-19/h3-4,9-10,16,19H,1-2,5-8H2,(H2,15,17,18). The largest absolute Gasteiger partial charge is 0.493 e. The van der Waals surface area contributed by atoms with Crippen molar-refractivity contribution in [1.82, 2.24) is 15.3 Å². The molecule has 0 unspecified atom stereocenters. The second-order valence-corrected chi connectivity index (χ2v) is 4.47. The minimum atomic E-state index is 0.228. The Morgan fingerprint density at radius 1 is 1.20 bits per heavy atom. The van der Waals surface area contributed by atoms with Crippen LogP contribution in [-0.2, 0) is 0 Å². The molecule has 0 saturated heterocycles. The number of ether oxygens (including phenoxy) is 1. The summed E-state index contributed by atoms with van der Waals surface area (Å²) < 4.78 is 5.67. The van der Waals surface area contributed by atoms with Crippen LogP contribution < -0.4 is 15.8 Å². The lowest BCUT2D eigenvalue weighted by Gasteiger charge is -2.08. The van der Waals surface area contributed by atoms with Gasteiger partial charge in [-0.2, -0.15) is 0 Å². The summed E-state index contributed by atoms with van der Waals surface area (Å²) >= 11 is 0. The van der Waals surface area contributed by atoms with Crippen LogP contribution in [0.5, 0.6) is 5.75 Å². The molecule has 6 nitrogen and oxygen atoms in total. The second-order valence-electron chi connectivity index (χ2n) is 4.47. The summed E-state index contributed by atoms with van der Waals surface area (Å²) in [6, 6.07) is 5.62. The number of nitrogen functional groups attached to an aromatic ring is 1. The van der Waals surface area contributed by atoms with Gasteiger partial charge in [0.2, 0.25) is 0 Å². The number of aromatic nitrogens is 2. The quantitative estimate of drug-likeness (QED) is 0.622. The highest BCUT2D eigenvalue weighted by Crippen LogP contribution is 2.21. The molecule has 108 valence electrons. The van der Waals surface area contributed by atoms with Crippen LogP contribution in [0.3, 0.4) is 0 Å². The number of hydrogen-bond acceptors (Lipinski definition) is 6. The lowest BCUT2D eigenvalue weighted by Crippen LogP contribution is -2.19. The van der Waals surface area contributed by atoms with Gasteiger partial charge < -0.3 is 20.9 Å². The minimum absolute atomic E-state index is 0.228. The summed E-state index contributed by atoms with van der Waals surface area (Å²) in [7, 11) is 0. The van der Waals surface area contributed by atoms with Gasteiger partial charge >= 0.3 is 0 Å². The van der Waals surface area contributed by atoms with Crippen LogP contribution in [0.2, 0.25) is 0 Å². The molecule has 0 atom stereocenters. The second kappa shape index (κ2) is 7.62. The van der Waals surface area contributed by atoms with E-state index >= 15 is 0 Å². The zero-order chi connectivity index (χ0) is 14.2. The fraction of sp³-hybridized carbons (Fsp3) is 0.429. The smallest absolute Gasteiger partial charge is 0.134 e. The van der Waals surface area contributed by atoms with Crippen molar-refractivity contribution in [2.45, 2.75) is 12.8 Å². The Kier molecular flexibility index (Phi) is 5.52. The monoisotopic (exact) mass is 276 g/mol. The molecule has 1 aromatic heterocycles. The van der Waals surface area contributed by atoms with Crippen LogP contribution in [0, 0.1) is 0 Å². The molecule has 1 heterocycles. The molecule has 0 spiro atoms.